The summed E-state index contributed by atoms with van der Waals surface area (Å²) in [5.41, 5.74) is 4.14. The Morgan fingerprint density at radius 2 is 1.81 bits per heavy atom. The van der Waals surface area contributed by atoms with E-state index in [-0.39, 0.29) is 4.90 Å². The first-order valence-corrected chi connectivity index (χ1v) is 13.3. The molecule has 36 heavy (non-hydrogen) atoms. The maximum absolute atomic E-state index is 12.5. The van der Waals surface area contributed by atoms with Crippen LogP contribution in [0.5, 0.6) is 5.75 Å². The largest absolute Gasteiger partial charge is 0.492 e. The van der Waals surface area contributed by atoms with E-state index in [1.165, 1.54) is 13.1 Å². The molecule has 1 saturated heterocycles. The molecule has 10 nitrogen and oxygen atoms in total. The fourth-order valence-corrected chi connectivity index (χ4v) is 4.87. The smallest absolute Gasteiger partial charge is 0.242 e. The van der Waals surface area contributed by atoms with Crippen molar-refractivity contribution in [2.45, 2.75) is 25.7 Å². The van der Waals surface area contributed by atoms with Crippen LogP contribution in [0.1, 0.15) is 18.1 Å². The van der Waals surface area contributed by atoms with Crippen LogP contribution >= 0.6 is 0 Å². The van der Waals surface area contributed by atoms with Gasteiger partial charge in [0.05, 0.1) is 31.2 Å². The zero-order valence-corrected chi connectivity index (χ0v) is 21.8. The number of para-hydroxylation sites is 1. The highest BCUT2D eigenvalue weighted by molar-refractivity contribution is 7.89. The summed E-state index contributed by atoms with van der Waals surface area (Å²) in [5.74, 6) is 1.55. The molecule has 3 N–H and O–H groups in total. The normalized spacial score (nSPS) is 13.9. The second kappa shape index (κ2) is 11.1. The molecule has 0 amide bonds. The molecule has 2 heterocycles. The molecular weight excluding hydrogens is 480 g/mol. The van der Waals surface area contributed by atoms with Crippen LogP contribution in [0.3, 0.4) is 0 Å². The molecule has 0 saturated carbocycles. The fourth-order valence-electron chi connectivity index (χ4n) is 3.99. The van der Waals surface area contributed by atoms with Crippen molar-refractivity contribution in [3.05, 3.63) is 53.7 Å². The summed E-state index contributed by atoms with van der Waals surface area (Å²) in [6.07, 6.45) is 1.68. The van der Waals surface area contributed by atoms with Crippen molar-refractivity contribution in [1.82, 2.24) is 14.7 Å². The van der Waals surface area contributed by atoms with Crippen LogP contribution in [-0.2, 0) is 14.8 Å². The van der Waals surface area contributed by atoms with Crippen LogP contribution in [0.25, 0.3) is 0 Å². The van der Waals surface area contributed by atoms with Gasteiger partial charge in [-0.1, -0.05) is 12.1 Å². The Bertz CT molecular complexity index is 1330. The Balaban J connectivity index is 1.64. The lowest BCUT2D eigenvalue weighted by Crippen LogP contribution is -2.36. The molecule has 0 spiro atoms. The van der Waals surface area contributed by atoms with E-state index in [1.807, 2.05) is 26.0 Å². The maximum atomic E-state index is 12.5. The summed E-state index contributed by atoms with van der Waals surface area (Å²) >= 11 is 0. The first-order chi connectivity index (χ1) is 17.3. The number of hydrogen-bond donors (Lipinski definition) is 3. The average Bonchev–Trinajstić information content (AvgIpc) is 2.88. The topological polar surface area (TPSA) is 118 Å². The van der Waals surface area contributed by atoms with Crippen molar-refractivity contribution in [3.8, 4) is 5.75 Å². The average molecular weight is 513 g/mol. The van der Waals surface area contributed by atoms with Crippen LogP contribution in [-0.4, -0.2) is 58.3 Å². The summed E-state index contributed by atoms with van der Waals surface area (Å²) in [6, 6.07) is 10.7. The summed E-state index contributed by atoms with van der Waals surface area (Å²) in [5, 5.41) is 6.43. The van der Waals surface area contributed by atoms with Gasteiger partial charge < -0.3 is 25.0 Å². The lowest BCUT2D eigenvalue weighted by molar-refractivity contribution is 0.122. The number of hydrogen-bond acceptors (Lipinski definition) is 9. The first-order valence-electron chi connectivity index (χ1n) is 11.8. The highest BCUT2D eigenvalue weighted by Gasteiger charge is 2.19. The van der Waals surface area contributed by atoms with Gasteiger partial charge in [0.1, 0.15) is 16.5 Å². The Hall–Kier alpha value is -3.41. The van der Waals surface area contributed by atoms with E-state index >= 15 is 0 Å². The second-order valence-corrected chi connectivity index (χ2v) is 10.2. The summed E-state index contributed by atoms with van der Waals surface area (Å²) in [7, 11) is -2.27. The maximum Gasteiger partial charge on any atom is 0.242 e. The molecule has 1 aliphatic rings. The van der Waals surface area contributed by atoms with Crippen LogP contribution in [0.15, 0.2) is 47.5 Å². The zero-order chi connectivity index (χ0) is 25.7. The van der Waals surface area contributed by atoms with Gasteiger partial charge in [-0.05, 0) is 51.6 Å². The zero-order valence-electron chi connectivity index (χ0n) is 21.0. The third-order valence-electron chi connectivity index (χ3n) is 5.87. The van der Waals surface area contributed by atoms with Gasteiger partial charge in [-0.2, -0.15) is 4.98 Å². The minimum Gasteiger partial charge on any atom is -0.492 e. The molecule has 1 fully saturated rings. The Morgan fingerprint density at radius 1 is 1.06 bits per heavy atom. The lowest BCUT2D eigenvalue weighted by Gasteiger charge is -2.31. The molecule has 0 unspecified atom stereocenters. The molecule has 3 aromatic rings. The molecule has 0 atom stereocenters. The predicted octanol–water partition coefficient (Wildman–Crippen LogP) is 3.72. The number of ether oxygens (including phenoxy) is 2. The molecule has 192 valence electrons. The van der Waals surface area contributed by atoms with Gasteiger partial charge in [0.15, 0.2) is 0 Å². The molecule has 11 heteroatoms. The molecule has 0 bridgehead atoms. The minimum atomic E-state index is -3.65. The van der Waals surface area contributed by atoms with Gasteiger partial charge in [0.25, 0.3) is 0 Å². The number of aromatic nitrogens is 2. The third kappa shape index (κ3) is 5.69. The minimum absolute atomic E-state index is 0.132. The predicted molar refractivity (Wildman–Crippen MR) is 141 cm³/mol. The Morgan fingerprint density at radius 3 is 2.53 bits per heavy atom. The molecule has 1 aromatic heterocycles. The first kappa shape index (κ1) is 25.7. The molecule has 0 aliphatic carbocycles. The van der Waals surface area contributed by atoms with E-state index < -0.39 is 10.0 Å². The van der Waals surface area contributed by atoms with Gasteiger partial charge in [0, 0.05) is 36.6 Å². The van der Waals surface area contributed by atoms with Crippen molar-refractivity contribution >= 4 is 38.9 Å². The van der Waals surface area contributed by atoms with Crippen LogP contribution in [0, 0.1) is 13.8 Å². The molecule has 1 aliphatic heterocycles. The van der Waals surface area contributed by atoms with Crippen molar-refractivity contribution < 1.29 is 17.9 Å². The van der Waals surface area contributed by atoms with E-state index in [9.17, 15) is 8.42 Å². The van der Waals surface area contributed by atoms with E-state index in [2.05, 4.69) is 37.1 Å². The van der Waals surface area contributed by atoms with E-state index in [0.717, 1.165) is 35.6 Å². The summed E-state index contributed by atoms with van der Waals surface area (Å²) < 4.78 is 38.7. The van der Waals surface area contributed by atoms with Crippen molar-refractivity contribution in [3.63, 3.8) is 0 Å². The third-order valence-corrected chi connectivity index (χ3v) is 7.34. The van der Waals surface area contributed by atoms with Gasteiger partial charge >= 0.3 is 0 Å². The summed E-state index contributed by atoms with van der Waals surface area (Å²) in [4.78, 5) is 11.5. The van der Waals surface area contributed by atoms with E-state index in [0.29, 0.717) is 43.0 Å². The number of aryl methyl sites for hydroxylation is 2. The van der Waals surface area contributed by atoms with Crippen LogP contribution < -0.4 is 25.0 Å². The van der Waals surface area contributed by atoms with Crippen LogP contribution in [0.4, 0.5) is 28.8 Å². The number of nitrogens with one attached hydrogen (secondary N) is 3. The molecule has 4 rings (SSSR count). The van der Waals surface area contributed by atoms with E-state index in [4.69, 9.17) is 9.47 Å². The Labute approximate surface area is 212 Å². The van der Waals surface area contributed by atoms with Crippen LogP contribution in [0.2, 0.25) is 0 Å². The molecular formula is C25H32N6O4S. The number of benzene rings is 2. The van der Waals surface area contributed by atoms with E-state index in [1.54, 1.807) is 24.4 Å². The van der Waals surface area contributed by atoms with Crippen molar-refractivity contribution in [2.24, 2.45) is 0 Å². The number of anilines is 5. The highest BCUT2D eigenvalue weighted by Crippen LogP contribution is 2.35. The number of sulfonamides is 1. The van der Waals surface area contributed by atoms with Gasteiger partial charge in [-0.25, -0.2) is 18.1 Å². The monoisotopic (exact) mass is 512 g/mol. The highest BCUT2D eigenvalue weighted by atomic mass is 32.2. The number of morpholine rings is 1. The number of rotatable bonds is 9. The Kier molecular flexibility index (Phi) is 7.92. The quantitative estimate of drug-likeness (QED) is 0.394. The van der Waals surface area contributed by atoms with Gasteiger partial charge in [-0.3, -0.25) is 0 Å². The fraction of sp³-hybridized carbons (Fsp3) is 0.360. The van der Waals surface area contributed by atoms with Crippen molar-refractivity contribution in [1.29, 1.82) is 0 Å². The SMILES string of the molecule is CCOc1cc(N2CCOCC2)c(C)cc1Nc1ncc(C)c(Nc2ccccc2S(=O)(=O)NC)n1. The second-order valence-electron chi connectivity index (χ2n) is 8.35. The lowest BCUT2D eigenvalue weighted by atomic mass is 10.1. The standard InChI is InChI=1S/C25H32N6O4S/c1-5-35-22-15-21(31-10-12-34-13-11-31)17(2)14-20(22)29-25-27-16-18(3)24(30-25)28-19-8-6-7-9-23(19)36(32,33)26-4/h6-9,14-16,26H,5,10-13H2,1-4H3,(H2,27,28,29,30). The number of nitrogens with zero attached hydrogens (tertiary/aromatic N) is 3. The van der Waals surface area contributed by atoms with Gasteiger partial charge in [-0.15, -0.1) is 0 Å². The summed E-state index contributed by atoms with van der Waals surface area (Å²) in [6.45, 7) is 9.45. The molecule has 2 aromatic carbocycles. The van der Waals surface area contributed by atoms with Crippen molar-refractivity contribution in [2.75, 3.05) is 55.5 Å². The molecule has 0 radical (unpaired) electrons. The van der Waals surface area contributed by atoms with Gasteiger partial charge in [0.2, 0.25) is 16.0 Å².